The number of hydrogen-bond donors (Lipinski definition) is 1. The first-order valence-electron chi connectivity index (χ1n) is 6.33. The van der Waals surface area contributed by atoms with E-state index in [-0.39, 0.29) is 6.04 Å². The summed E-state index contributed by atoms with van der Waals surface area (Å²) in [5, 5.41) is 0.775. The first-order valence-corrected chi connectivity index (χ1v) is 7.70. The van der Waals surface area contributed by atoms with Crippen LogP contribution in [0, 0.1) is 6.92 Å². The van der Waals surface area contributed by atoms with E-state index in [1.807, 2.05) is 18.2 Å². The van der Waals surface area contributed by atoms with Crippen LogP contribution in [0.15, 0.2) is 53.4 Å². The molecule has 1 nitrogen and oxygen atoms in total. The van der Waals surface area contributed by atoms with Crippen molar-refractivity contribution >= 4 is 23.4 Å². The Balaban J connectivity index is 1.88. The predicted octanol–water partition coefficient (Wildman–Crippen LogP) is 4.31. The molecule has 0 aromatic heterocycles. The third-order valence-corrected chi connectivity index (χ3v) is 4.42. The molecule has 3 heteroatoms. The molecule has 0 spiro atoms. The van der Waals surface area contributed by atoms with E-state index < -0.39 is 0 Å². The van der Waals surface area contributed by atoms with E-state index in [2.05, 4.69) is 37.3 Å². The molecular formula is C16H18ClNS. The summed E-state index contributed by atoms with van der Waals surface area (Å²) in [6.07, 6.45) is 0.917. The number of hydrogen-bond acceptors (Lipinski definition) is 2. The SMILES string of the molecule is Cc1ccccc1CC(N)CSc1cccc(Cl)c1. The fourth-order valence-electron chi connectivity index (χ4n) is 1.94. The average Bonchev–Trinajstić information content (AvgIpc) is 2.39. The van der Waals surface area contributed by atoms with Crippen LogP contribution in [0.1, 0.15) is 11.1 Å². The average molecular weight is 292 g/mol. The molecule has 0 saturated heterocycles. The molecule has 1 atom stereocenters. The summed E-state index contributed by atoms with van der Waals surface area (Å²) in [5.74, 6) is 0.897. The molecule has 2 aromatic rings. The number of nitrogens with two attached hydrogens (primary N) is 1. The van der Waals surface area contributed by atoms with Crippen LogP contribution in [0.3, 0.4) is 0 Å². The van der Waals surface area contributed by atoms with Crippen molar-refractivity contribution in [3.05, 3.63) is 64.7 Å². The number of benzene rings is 2. The lowest BCUT2D eigenvalue weighted by Crippen LogP contribution is -2.25. The molecule has 2 N–H and O–H groups in total. The highest BCUT2D eigenvalue weighted by Crippen LogP contribution is 2.22. The highest BCUT2D eigenvalue weighted by Gasteiger charge is 2.07. The van der Waals surface area contributed by atoms with Crippen LogP contribution in [0.5, 0.6) is 0 Å². The van der Waals surface area contributed by atoms with Gasteiger partial charge >= 0.3 is 0 Å². The first-order chi connectivity index (χ1) is 9.15. The fraction of sp³-hybridized carbons (Fsp3) is 0.250. The van der Waals surface area contributed by atoms with Crippen molar-refractivity contribution in [1.82, 2.24) is 0 Å². The monoisotopic (exact) mass is 291 g/mol. The van der Waals surface area contributed by atoms with Gasteiger partial charge in [-0.15, -0.1) is 11.8 Å². The molecule has 0 radical (unpaired) electrons. The van der Waals surface area contributed by atoms with Gasteiger partial charge in [0.25, 0.3) is 0 Å². The van der Waals surface area contributed by atoms with Gasteiger partial charge in [-0.05, 0) is 42.7 Å². The molecule has 19 heavy (non-hydrogen) atoms. The molecule has 0 amide bonds. The summed E-state index contributed by atoms with van der Waals surface area (Å²) in [6.45, 7) is 2.13. The summed E-state index contributed by atoms with van der Waals surface area (Å²) < 4.78 is 0. The Kier molecular flexibility index (Phi) is 5.32. The van der Waals surface area contributed by atoms with Gasteiger partial charge in [0.2, 0.25) is 0 Å². The normalized spacial score (nSPS) is 12.4. The second-order valence-corrected chi connectivity index (χ2v) is 6.19. The molecule has 0 aliphatic heterocycles. The van der Waals surface area contributed by atoms with Crippen molar-refractivity contribution in [2.75, 3.05) is 5.75 Å². The lowest BCUT2D eigenvalue weighted by molar-refractivity contribution is 0.745. The number of rotatable bonds is 5. The highest BCUT2D eigenvalue weighted by molar-refractivity contribution is 7.99. The molecule has 0 heterocycles. The molecule has 0 aliphatic carbocycles. The minimum atomic E-state index is 0.157. The summed E-state index contributed by atoms with van der Waals surface area (Å²) in [7, 11) is 0. The van der Waals surface area contributed by atoms with Gasteiger partial charge in [0, 0.05) is 21.7 Å². The minimum Gasteiger partial charge on any atom is -0.327 e. The molecular weight excluding hydrogens is 274 g/mol. The molecule has 100 valence electrons. The third-order valence-electron chi connectivity index (χ3n) is 3.00. The second-order valence-electron chi connectivity index (χ2n) is 4.66. The number of halogens is 1. The zero-order valence-electron chi connectivity index (χ0n) is 11.0. The zero-order chi connectivity index (χ0) is 13.7. The van der Waals surface area contributed by atoms with Gasteiger partial charge in [-0.2, -0.15) is 0 Å². The molecule has 0 bridgehead atoms. The molecule has 0 fully saturated rings. The van der Waals surface area contributed by atoms with Crippen LogP contribution >= 0.6 is 23.4 Å². The van der Waals surface area contributed by atoms with E-state index in [0.717, 1.165) is 17.2 Å². The van der Waals surface area contributed by atoms with Crippen molar-refractivity contribution in [2.45, 2.75) is 24.3 Å². The van der Waals surface area contributed by atoms with E-state index in [1.165, 1.54) is 16.0 Å². The quantitative estimate of drug-likeness (QED) is 0.831. The summed E-state index contributed by atoms with van der Waals surface area (Å²) in [5.41, 5.74) is 8.85. The number of thioether (sulfide) groups is 1. The van der Waals surface area contributed by atoms with Gasteiger partial charge in [-0.3, -0.25) is 0 Å². The topological polar surface area (TPSA) is 26.0 Å². The highest BCUT2D eigenvalue weighted by atomic mass is 35.5. The molecule has 2 rings (SSSR count). The van der Waals surface area contributed by atoms with Crippen molar-refractivity contribution in [2.24, 2.45) is 5.73 Å². The van der Waals surface area contributed by atoms with Gasteiger partial charge < -0.3 is 5.73 Å². The van der Waals surface area contributed by atoms with Gasteiger partial charge in [-0.1, -0.05) is 41.9 Å². The molecule has 0 saturated carbocycles. The van der Waals surface area contributed by atoms with Gasteiger partial charge in [0.05, 0.1) is 0 Å². The maximum Gasteiger partial charge on any atom is 0.0417 e. The maximum absolute atomic E-state index is 6.21. The Morgan fingerprint density at radius 1 is 1.16 bits per heavy atom. The Labute approximate surface area is 124 Å². The largest absolute Gasteiger partial charge is 0.327 e. The smallest absolute Gasteiger partial charge is 0.0417 e. The molecule has 0 aliphatic rings. The van der Waals surface area contributed by atoms with Crippen LogP contribution in [0.25, 0.3) is 0 Å². The zero-order valence-corrected chi connectivity index (χ0v) is 12.5. The lowest BCUT2D eigenvalue weighted by atomic mass is 10.0. The van der Waals surface area contributed by atoms with Gasteiger partial charge in [0.15, 0.2) is 0 Å². The van der Waals surface area contributed by atoms with Crippen LogP contribution < -0.4 is 5.73 Å². The lowest BCUT2D eigenvalue weighted by Gasteiger charge is -2.13. The summed E-state index contributed by atoms with van der Waals surface area (Å²) in [6, 6.07) is 16.5. The van der Waals surface area contributed by atoms with Crippen molar-refractivity contribution in [3.63, 3.8) is 0 Å². The van der Waals surface area contributed by atoms with Crippen LogP contribution in [-0.4, -0.2) is 11.8 Å². The first kappa shape index (κ1) is 14.4. The van der Waals surface area contributed by atoms with Crippen LogP contribution in [0.4, 0.5) is 0 Å². The van der Waals surface area contributed by atoms with E-state index in [9.17, 15) is 0 Å². The van der Waals surface area contributed by atoms with Crippen LogP contribution in [-0.2, 0) is 6.42 Å². The molecule has 2 aromatic carbocycles. The van der Waals surface area contributed by atoms with E-state index in [1.54, 1.807) is 11.8 Å². The van der Waals surface area contributed by atoms with Crippen LogP contribution in [0.2, 0.25) is 5.02 Å². The second kappa shape index (κ2) is 6.99. The minimum absolute atomic E-state index is 0.157. The Morgan fingerprint density at radius 3 is 2.68 bits per heavy atom. The molecule has 1 unspecified atom stereocenters. The summed E-state index contributed by atoms with van der Waals surface area (Å²) >= 11 is 7.72. The Hall–Kier alpha value is -0.960. The van der Waals surface area contributed by atoms with E-state index >= 15 is 0 Å². The standard InChI is InChI=1S/C16H18ClNS/c1-12-5-2-3-6-13(12)9-15(18)11-19-16-8-4-7-14(17)10-16/h2-8,10,15H,9,11,18H2,1H3. The third kappa shape index (κ3) is 4.57. The number of aryl methyl sites for hydroxylation is 1. The van der Waals surface area contributed by atoms with E-state index in [0.29, 0.717) is 0 Å². The Bertz CT molecular complexity index is 542. The van der Waals surface area contributed by atoms with Crippen molar-refractivity contribution in [1.29, 1.82) is 0 Å². The van der Waals surface area contributed by atoms with E-state index in [4.69, 9.17) is 17.3 Å². The van der Waals surface area contributed by atoms with Gasteiger partial charge in [-0.25, -0.2) is 0 Å². The van der Waals surface area contributed by atoms with Crippen molar-refractivity contribution < 1.29 is 0 Å². The van der Waals surface area contributed by atoms with Crippen molar-refractivity contribution in [3.8, 4) is 0 Å². The fourth-order valence-corrected chi connectivity index (χ4v) is 3.11. The predicted molar refractivity (Wildman–Crippen MR) is 85.0 cm³/mol. The van der Waals surface area contributed by atoms with Gasteiger partial charge in [0.1, 0.15) is 0 Å². The maximum atomic E-state index is 6.21. The summed E-state index contributed by atoms with van der Waals surface area (Å²) in [4.78, 5) is 1.17. The Morgan fingerprint density at radius 2 is 1.95 bits per heavy atom.